The SMILES string of the molecule is C=C(CNC1(C)CCOC1C)C(=O)OCC. The van der Waals surface area contributed by atoms with Crippen LogP contribution in [0.15, 0.2) is 12.2 Å². The zero-order chi connectivity index (χ0) is 12.2. The lowest BCUT2D eigenvalue weighted by molar-refractivity contribution is -0.138. The van der Waals surface area contributed by atoms with Crippen LogP contribution >= 0.6 is 0 Å². The molecule has 0 aromatic heterocycles. The van der Waals surface area contributed by atoms with Gasteiger partial charge in [0.05, 0.1) is 12.7 Å². The summed E-state index contributed by atoms with van der Waals surface area (Å²) in [6, 6.07) is 0. The van der Waals surface area contributed by atoms with Crippen LogP contribution in [0.1, 0.15) is 27.2 Å². The fourth-order valence-corrected chi connectivity index (χ4v) is 1.68. The first-order valence-electron chi connectivity index (χ1n) is 5.71. The predicted molar refractivity (Wildman–Crippen MR) is 62.2 cm³/mol. The molecule has 0 aliphatic carbocycles. The van der Waals surface area contributed by atoms with Gasteiger partial charge in [-0.25, -0.2) is 4.79 Å². The lowest BCUT2D eigenvalue weighted by Crippen LogP contribution is -2.48. The van der Waals surface area contributed by atoms with E-state index < -0.39 is 0 Å². The largest absolute Gasteiger partial charge is 0.463 e. The van der Waals surface area contributed by atoms with Gasteiger partial charge in [0.25, 0.3) is 0 Å². The van der Waals surface area contributed by atoms with E-state index in [1.54, 1.807) is 6.92 Å². The summed E-state index contributed by atoms with van der Waals surface area (Å²) in [7, 11) is 0. The molecule has 0 aromatic carbocycles. The maximum atomic E-state index is 11.3. The van der Waals surface area contributed by atoms with Crippen molar-refractivity contribution in [2.24, 2.45) is 0 Å². The smallest absolute Gasteiger partial charge is 0.334 e. The maximum absolute atomic E-state index is 11.3. The van der Waals surface area contributed by atoms with Crippen LogP contribution in [0.5, 0.6) is 0 Å². The summed E-state index contributed by atoms with van der Waals surface area (Å²) in [6.07, 6.45) is 1.10. The van der Waals surface area contributed by atoms with E-state index in [9.17, 15) is 4.79 Å². The van der Waals surface area contributed by atoms with Gasteiger partial charge in [-0.2, -0.15) is 0 Å². The van der Waals surface area contributed by atoms with Crippen LogP contribution in [0.2, 0.25) is 0 Å². The first kappa shape index (κ1) is 13.2. The van der Waals surface area contributed by atoms with Gasteiger partial charge in [0.15, 0.2) is 0 Å². The highest BCUT2D eigenvalue weighted by Crippen LogP contribution is 2.24. The Kier molecular flexibility index (Phi) is 4.50. The average molecular weight is 227 g/mol. The molecule has 16 heavy (non-hydrogen) atoms. The number of carbonyl (C=O) groups is 1. The summed E-state index contributed by atoms with van der Waals surface area (Å²) < 4.78 is 10.4. The molecule has 1 rings (SSSR count). The van der Waals surface area contributed by atoms with E-state index in [4.69, 9.17) is 9.47 Å². The normalized spacial score (nSPS) is 29.1. The molecule has 0 amide bonds. The van der Waals surface area contributed by atoms with Gasteiger partial charge in [0.1, 0.15) is 0 Å². The molecule has 2 unspecified atom stereocenters. The summed E-state index contributed by atoms with van der Waals surface area (Å²) in [5, 5.41) is 3.32. The Hall–Kier alpha value is -0.870. The van der Waals surface area contributed by atoms with Crippen LogP contribution in [-0.2, 0) is 14.3 Å². The highest BCUT2D eigenvalue weighted by atomic mass is 16.5. The van der Waals surface area contributed by atoms with E-state index in [0.29, 0.717) is 18.7 Å². The zero-order valence-electron chi connectivity index (χ0n) is 10.3. The number of hydrogen-bond acceptors (Lipinski definition) is 4. The predicted octanol–water partition coefficient (Wildman–Crippen LogP) is 1.26. The molecule has 0 aromatic rings. The Morgan fingerprint density at radius 1 is 1.69 bits per heavy atom. The molecular weight excluding hydrogens is 206 g/mol. The second-order valence-corrected chi connectivity index (χ2v) is 4.36. The number of carbonyl (C=O) groups excluding carboxylic acids is 1. The lowest BCUT2D eigenvalue weighted by Gasteiger charge is -2.29. The van der Waals surface area contributed by atoms with Gasteiger partial charge >= 0.3 is 5.97 Å². The molecule has 1 N–H and O–H groups in total. The van der Waals surface area contributed by atoms with Crippen LogP contribution in [0, 0.1) is 0 Å². The van der Waals surface area contributed by atoms with Crippen LogP contribution < -0.4 is 5.32 Å². The molecule has 0 radical (unpaired) electrons. The fraction of sp³-hybridized carbons (Fsp3) is 0.750. The number of hydrogen-bond donors (Lipinski definition) is 1. The van der Waals surface area contributed by atoms with Gasteiger partial charge in [-0.1, -0.05) is 6.58 Å². The topological polar surface area (TPSA) is 47.6 Å². The van der Waals surface area contributed by atoms with Crippen LogP contribution in [-0.4, -0.2) is 37.4 Å². The van der Waals surface area contributed by atoms with E-state index in [1.807, 2.05) is 6.92 Å². The number of esters is 1. The molecule has 4 nitrogen and oxygen atoms in total. The Labute approximate surface area is 97.0 Å². The van der Waals surface area contributed by atoms with E-state index in [2.05, 4.69) is 18.8 Å². The first-order valence-corrected chi connectivity index (χ1v) is 5.71. The molecule has 0 bridgehead atoms. The average Bonchev–Trinajstić information content (AvgIpc) is 2.57. The highest BCUT2D eigenvalue weighted by Gasteiger charge is 2.36. The minimum absolute atomic E-state index is 0.0740. The van der Waals surface area contributed by atoms with Crippen LogP contribution in [0.3, 0.4) is 0 Å². The molecule has 1 fully saturated rings. The third-order valence-electron chi connectivity index (χ3n) is 3.16. The molecule has 1 aliphatic heterocycles. The summed E-state index contributed by atoms with van der Waals surface area (Å²) in [5.74, 6) is -0.329. The molecule has 1 aliphatic rings. The molecule has 92 valence electrons. The first-order chi connectivity index (χ1) is 7.49. The van der Waals surface area contributed by atoms with Crippen molar-refractivity contribution >= 4 is 5.97 Å². The van der Waals surface area contributed by atoms with Crippen molar-refractivity contribution in [3.8, 4) is 0 Å². The van der Waals surface area contributed by atoms with E-state index in [0.717, 1.165) is 13.0 Å². The lowest BCUT2D eigenvalue weighted by atomic mass is 9.94. The summed E-state index contributed by atoms with van der Waals surface area (Å²) in [6.45, 7) is 11.2. The standard InChI is InChI=1S/C12H21NO3/c1-5-15-11(14)9(2)8-13-12(4)6-7-16-10(12)3/h10,13H,2,5-8H2,1,3-4H3. The van der Waals surface area contributed by atoms with Crippen molar-refractivity contribution in [2.75, 3.05) is 19.8 Å². The van der Waals surface area contributed by atoms with Crippen molar-refractivity contribution in [1.29, 1.82) is 0 Å². The Morgan fingerprint density at radius 2 is 2.38 bits per heavy atom. The Balaban J connectivity index is 2.39. The van der Waals surface area contributed by atoms with E-state index >= 15 is 0 Å². The fourth-order valence-electron chi connectivity index (χ4n) is 1.68. The van der Waals surface area contributed by atoms with Crippen molar-refractivity contribution in [3.63, 3.8) is 0 Å². The van der Waals surface area contributed by atoms with Crippen LogP contribution in [0.25, 0.3) is 0 Å². The minimum Gasteiger partial charge on any atom is -0.463 e. The second-order valence-electron chi connectivity index (χ2n) is 4.36. The summed E-state index contributed by atoms with van der Waals surface area (Å²) in [4.78, 5) is 11.3. The van der Waals surface area contributed by atoms with Gasteiger partial charge in [-0.3, -0.25) is 0 Å². The van der Waals surface area contributed by atoms with Crippen molar-refractivity contribution < 1.29 is 14.3 Å². The molecule has 2 atom stereocenters. The third-order valence-corrected chi connectivity index (χ3v) is 3.16. The molecular formula is C12H21NO3. The highest BCUT2D eigenvalue weighted by molar-refractivity contribution is 5.88. The monoisotopic (exact) mass is 227 g/mol. The Morgan fingerprint density at radius 3 is 2.88 bits per heavy atom. The number of rotatable bonds is 5. The zero-order valence-corrected chi connectivity index (χ0v) is 10.3. The van der Waals surface area contributed by atoms with Gasteiger partial charge in [0, 0.05) is 24.3 Å². The molecule has 1 saturated heterocycles. The van der Waals surface area contributed by atoms with Crippen molar-refractivity contribution in [1.82, 2.24) is 5.32 Å². The summed E-state index contributed by atoms with van der Waals surface area (Å²) >= 11 is 0. The van der Waals surface area contributed by atoms with Gasteiger partial charge < -0.3 is 14.8 Å². The van der Waals surface area contributed by atoms with E-state index in [1.165, 1.54) is 0 Å². The van der Waals surface area contributed by atoms with Crippen molar-refractivity contribution in [3.05, 3.63) is 12.2 Å². The Bertz CT molecular complexity index is 277. The molecule has 4 heteroatoms. The third kappa shape index (κ3) is 3.06. The number of ether oxygens (including phenoxy) is 2. The van der Waals surface area contributed by atoms with Crippen molar-refractivity contribution in [2.45, 2.75) is 38.8 Å². The maximum Gasteiger partial charge on any atom is 0.334 e. The minimum atomic E-state index is -0.329. The van der Waals surface area contributed by atoms with Gasteiger partial charge in [-0.15, -0.1) is 0 Å². The summed E-state index contributed by atoms with van der Waals surface area (Å²) in [5.41, 5.74) is 0.386. The molecule has 1 heterocycles. The van der Waals surface area contributed by atoms with Gasteiger partial charge in [-0.05, 0) is 27.2 Å². The number of nitrogens with one attached hydrogen (secondary N) is 1. The van der Waals surface area contributed by atoms with E-state index in [-0.39, 0.29) is 17.6 Å². The molecule has 0 saturated carbocycles. The van der Waals surface area contributed by atoms with Crippen LogP contribution in [0.4, 0.5) is 0 Å². The van der Waals surface area contributed by atoms with Gasteiger partial charge in [0.2, 0.25) is 0 Å². The molecule has 0 spiro atoms. The quantitative estimate of drug-likeness (QED) is 0.567. The second kappa shape index (κ2) is 5.46.